The van der Waals surface area contributed by atoms with Gasteiger partial charge in [-0.15, -0.1) is 0 Å². The molecule has 0 aliphatic carbocycles. The minimum atomic E-state index is -4.21. The molecule has 0 saturated heterocycles. The number of hydrogen-bond acceptors (Lipinski definition) is 7. The molecule has 4 N–H and O–H groups in total. The SMILES string of the molecule is CCOC(=O)C(C)(C)NS(=O)(=O)N(CCC(C)C)CC(O)C(C)NC(=O)C(C)C(C)(C)C(=O)O. The van der Waals surface area contributed by atoms with Crippen molar-refractivity contribution < 1.29 is 37.8 Å². The molecule has 0 aromatic rings. The smallest absolute Gasteiger partial charge is 0.326 e. The van der Waals surface area contributed by atoms with Gasteiger partial charge in [-0.05, 0) is 53.9 Å². The van der Waals surface area contributed by atoms with Gasteiger partial charge in [0.2, 0.25) is 5.91 Å². The molecule has 12 heteroatoms. The van der Waals surface area contributed by atoms with E-state index in [1.807, 2.05) is 13.8 Å². The third-order valence-corrected chi connectivity index (χ3v) is 7.61. The molecule has 0 radical (unpaired) electrons. The summed E-state index contributed by atoms with van der Waals surface area (Å²) in [4.78, 5) is 36.1. The van der Waals surface area contributed by atoms with Crippen LogP contribution in [0.1, 0.15) is 68.7 Å². The lowest BCUT2D eigenvalue weighted by atomic mass is 9.79. The van der Waals surface area contributed by atoms with E-state index in [1.54, 1.807) is 6.92 Å². The fourth-order valence-electron chi connectivity index (χ4n) is 2.78. The van der Waals surface area contributed by atoms with Crippen LogP contribution in [-0.4, -0.2) is 78.2 Å². The number of rotatable bonds is 15. The maximum atomic E-state index is 13.1. The summed E-state index contributed by atoms with van der Waals surface area (Å²) in [6.07, 6.45) is -0.795. The van der Waals surface area contributed by atoms with Crippen molar-refractivity contribution in [2.75, 3.05) is 19.7 Å². The molecule has 0 fully saturated rings. The molecular formula is C22H43N3O8S. The van der Waals surface area contributed by atoms with Gasteiger partial charge in [0, 0.05) is 13.1 Å². The summed E-state index contributed by atoms with van der Waals surface area (Å²) in [7, 11) is -4.21. The van der Waals surface area contributed by atoms with Gasteiger partial charge in [-0.25, -0.2) is 0 Å². The average Bonchev–Trinajstić information content (AvgIpc) is 2.68. The number of carboxylic acids is 1. The molecule has 0 rings (SSSR count). The molecule has 0 saturated carbocycles. The highest BCUT2D eigenvalue weighted by Gasteiger charge is 2.40. The normalized spacial score (nSPS) is 15.6. The molecule has 0 aliphatic rings. The molecule has 0 bridgehead atoms. The third-order valence-electron chi connectivity index (χ3n) is 5.83. The van der Waals surface area contributed by atoms with E-state index >= 15 is 0 Å². The summed E-state index contributed by atoms with van der Waals surface area (Å²) in [6.45, 7) is 13.9. The van der Waals surface area contributed by atoms with Gasteiger partial charge >= 0.3 is 11.9 Å². The summed E-state index contributed by atoms with van der Waals surface area (Å²) in [5.74, 6) is -3.17. The highest BCUT2D eigenvalue weighted by atomic mass is 32.2. The maximum absolute atomic E-state index is 13.1. The van der Waals surface area contributed by atoms with Gasteiger partial charge in [-0.2, -0.15) is 17.4 Å². The first-order chi connectivity index (χ1) is 15.3. The first-order valence-electron chi connectivity index (χ1n) is 11.5. The molecule has 0 heterocycles. The van der Waals surface area contributed by atoms with Crippen molar-refractivity contribution in [1.82, 2.24) is 14.3 Å². The molecule has 34 heavy (non-hydrogen) atoms. The minimum Gasteiger partial charge on any atom is -0.481 e. The largest absolute Gasteiger partial charge is 0.481 e. The Bertz CT molecular complexity index is 811. The number of nitrogens with one attached hydrogen (secondary N) is 2. The van der Waals surface area contributed by atoms with E-state index in [2.05, 4.69) is 10.0 Å². The number of carbonyl (C=O) groups excluding carboxylic acids is 2. The zero-order chi connectivity index (χ0) is 27.1. The summed E-state index contributed by atoms with van der Waals surface area (Å²) in [5, 5.41) is 22.6. The Hall–Kier alpha value is -1.76. The Morgan fingerprint density at radius 1 is 1.06 bits per heavy atom. The second-order valence-corrected chi connectivity index (χ2v) is 11.8. The standard InChI is InChI=1S/C22H43N3O8S/c1-10-33-20(30)22(8,9)24-34(31,32)25(12-11-14(2)3)13-17(26)16(5)23-18(27)15(4)21(6,7)19(28)29/h14-17,24,26H,10-13H2,1-9H3,(H,23,27)(H,28,29). The first-order valence-corrected chi connectivity index (χ1v) is 12.9. The van der Waals surface area contributed by atoms with E-state index < -0.39 is 57.1 Å². The predicted octanol–water partition coefficient (Wildman–Crippen LogP) is 1.12. The van der Waals surface area contributed by atoms with E-state index in [0.717, 1.165) is 4.31 Å². The van der Waals surface area contributed by atoms with Gasteiger partial charge in [0.25, 0.3) is 10.2 Å². The van der Waals surface area contributed by atoms with Crippen LogP contribution in [0.4, 0.5) is 0 Å². The van der Waals surface area contributed by atoms with Crippen molar-refractivity contribution in [3.05, 3.63) is 0 Å². The Kier molecular flexibility index (Phi) is 12.1. The van der Waals surface area contributed by atoms with E-state index in [4.69, 9.17) is 4.74 Å². The molecular weight excluding hydrogens is 466 g/mol. The summed E-state index contributed by atoms with van der Waals surface area (Å²) < 4.78 is 34.5. The highest BCUT2D eigenvalue weighted by molar-refractivity contribution is 7.87. The molecule has 3 atom stereocenters. The summed E-state index contributed by atoms with van der Waals surface area (Å²) >= 11 is 0. The van der Waals surface area contributed by atoms with E-state index in [-0.39, 0.29) is 25.6 Å². The Morgan fingerprint density at radius 2 is 1.59 bits per heavy atom. The Labute approximate surface area is 203 Å². The molecule has 0 spiro atoms. The van der Waals surface area contributed by atoms with Gasteiger partial charge in [0.15, 0.2) is 0 Å². The molecule has 0 aliphatic heterocycles. The van der Waals surface area contributed by atoms with Crippen LogP contribution in [0, 0.1) is 17.3 Å². The summed E-state index contributed by atoms with van der Waals surface area (Å²) in [6, 6.07) is -0.866. The molecule has 11 nitrogen and oxygen atoms in total. The molecule has 0 aromatic carbocycles. The van der Waals surface area contributed by atoms with Gasteiger partial charge in [0.05, 0.1) is 30.1 Å². The molecule has 0 aromatic heterocycles. The summed E-state index contributed by atoms with van der Waals surface area (Å²) in [5.41, 5.74) is -2.86. The number of amides is 1. The number of nitrogens with zero attached hydrogens (tertiary/aromatic N) is 1. The van der Waals surface area contributed by atoms with Crippen LogP contribution in [0.2, 0.25) is 0 Å². The lowest BCUT2D eigenvalue weighted by Crippen LogP contribution is -2.57. The fraction of sp³-hybridized carbons (Fsp3) is 0.864. The van der Waals surface area contributed by atoms with Crippen LogP contribution >= 0.6 is 0 Å². The number of carboxylic acid groups (broad SMARTS) is 1. The number of esters is 1. The fourth-order valence-corrected chi connectivity index (χ4v) is 4.33. The lowest BCUT2D eigenvalue weighted by Gasteiger charge is -2.32. The number of carbonyl (C=O) groups is 3. The van der Waals surface area contributed by atoms with Crippen LogP contribution in [0.25, 0.3) is 0 Å². The number of hydrogen-bond donors (Lipinski definition) is 4. The monoisotopic (exact) mass is 509 g/mol. The predicted molar refractivity (Wildman–Crippen MR) is 128 cm³/mol. The second-order valence-electron chi connectivity index (χ2n) is 10.1. The second kappa shape index (κ2) is 12.8. The van der Waals surface area contributed by atoms with Crippen LogP contribution in [-0.2, 0) is 29.3 Å². The van der Waals surface area contributed by atoms with Crippen molar-refractivity contribution in [1.29, 1.82) is 0 Å². The number of aliphatic hydroxyl groups excluding tert-OH is 1. The van der Waals surface area contributed by atoms with Crippen molar-refractivity contribution >= 4 is 28.1 Å². The Morgan fingerprint density at radius 3 is 2.03 bits per heavy atom. The van der Waals surface area contributed by atoms with Crippen molar-refractivity contribution in [3.63, 3.8) is 0 Å². The number of ether oxygens (including phenoxy) is 1. The van der Waals surface area contributed by atoms with Gasteiger partial charge in [0.1, 0.15) is 5.54 Å². The van der Waals surface area contributed by atoms with Crippen LogP contribution in [0.5, 0.6) is 0 Å². The Balaban J connectivity index is 5.56. The van der Waals surface area contributed by atoms with Crippen molar-refractivity contribution in [2.24, 2.45) is 17.3 Å². The molecule has 1 amide bonds. The average molecular weight is 510 g/mol. The van der Waals surface area contributed by atoms with Gasteiger partial charge < -0.3 is 20.3 Å². The number of aliphatic hydroxyl groups is 1. The van der Waals surface area contributed by atoms with Crippen LogP contribution < -0.4 is 10.0 Å². The highest BCUT2D eigenvalue weighted by Crippen LogP contribution is 2.27. The van der Waals surface area contributed by atoms with Crippen molar-refractivity contribution in [3.8, 4) is 0 Å². The minimum absolute atomic E-state index is 0.0755. The van der Waals surface area contributed by atoms with Gasteiger partial charge in [-0.3, -0.25) is 14.4 Å². The molecule has 200 valence electrons. The van der Waals surface area contributed by atoms with E-state index in [1.165, 1.54) is 41.5 Å². The lowest BCUT2D eigenvalue weighted by molar-refractivity contribution is -0.153. The number of aliphatic carboxylic acids is 1. The quantitative estimate of drug-likeness (QED) is 0.239. The molecule has 3 unspecified atom stereocenters. The zero-order valence-electron chi connectivity index (χ0n) is 21.8. The first kappa shape index (κ1) is 32.2. The van der Waals surface area contributed by atoms with E-state index in [0.29, 0.717) is 6.42 Å². The van der Waals surface area contributed by atoms with Crippen molar-refractivity contribution in [2.45, 2.75) is 86.4 Å². The maximum Gasteiger partial charge on any atom is 0.326 e. The van der Waals surface area contributed by atoms with Crippen LogP contribution in [0.15, 0.2) is 0 Å². The topological polar surface area (TPSA) is 162 Å². The zero-order valence-corrected chi connectivity index (χ0v) is 22.7. The van der Waals surface area contributed by atoms with Crippen LogP contribution in [0.3, 0.4) is 0 Å². The third kappa shape index (κ3) is 9.47. The van der Waals surface area contributed by atoms with E-state index in [9.17, 15) is 33.0 Å². The van der Waals surface area contributed by atoms with Gasteiger partial charge in [-0.1, -0.05) is 20.8 Å².